The molecule has 8 nitrogen and oxygen atoms in total. The summed E-state index contributed by atoms with van der Waals surface area (Å²) < 4.78 is 10.5. The van der Waals surface area contributed by atoms with E-state index in [4.69, 9.17) is 9.26 Å². The van der Waals surface area contributed by atoms with Crippen molar-refractivity contribution in [2.75, 3.05) is 18.5 Å². The minimum atomic E-state index is -0.368. The number of nitrogens with one attached hydrogen (secondary N) is 1. The second kappa shape index (κ2) is 8.04. The molecule has 150 valence electrons. The molecule has 1 N–H and O–H groups in total. The lowest BCUT2D eigenvalue weighted by Gasteiger charge is -2.26. The molecule has 3 heterocycles. The fourth-order valence-electron chi connectivity index (χ4n) is 2.97. The van der Waals surface area contributed by atoms with E-state index in [9.17, 15) is 9.59 Å². The maximum Gasteiger partial charge on any atom is 0.279 e. The van der Waals surface area contributed by atoms with E-state index in [0.29, 0.717) is 36.2 Å². The molecule has 2 aromatic heterocycles. The van der Waals surface area contributed by atoms with Gasteiger partial charge in [-0.05, 0) is 26.0 Å². The summed E-state index contributed by atoms with van der Waals surface area (Å²) in [5.74, 6) is 0.795. The largest absolute Gasteiger partial charge is 0.484 e. The van der Waals surface area contributed by atoms with Crippen LogP contribution in [0.2, 0.25) is 0 Å². The monoisotopic (exact) mass is 412 g/mol. The van der Waals surface area contributed by atoms with Crippen LogP contribution >= 0.6 is 11.3 Å². The van der Waals surface area contributed by atoms with E-state index < -0.39 is 0 Å². The Balaban J connectivity index is 1.35. The van der Waals surface area contributed by atoms with Crippen LogP contribution in [0, 0.1) is 13.8 Å². The lowest BCUT2D eigenvalue weighted by molar-refractivity contribution is -0.134. The number of nitrogens with zero attached hydrogens (tertiary/aromatic N) is 3. The number of hydrogen-bond acceptors (Lipinski definition) is 7. The number of anilines is 1. The second-order valence-corrected chi connectivity index (χ2v) is 7.92. The Morgan fingerprint density at radius 3 is 2.79 bits per heavy atom. The molecule has 0 spiro atoms. The van der Waals surface area contributed by atoms with Crippen molar-refractivity contribution >= 4 is 28.3 Å². The van der Waals surface area contributed by atoms with Crippen molar-refractivity contribution in [2.45, 2.75) is 26.8 Å². The molecular formula is C20H20N4O4S. The number of aryl methyl sites for hydroxylation is 2. The third kappa shape index (κ3) is 4.45. The van der Waals surface area contributed by atoms with Crippen molar-refractivity contribution in [2.24, 2.45) is 0 Å². The van der Waals surface area contributed by atoms with E-state index in [2.05, 4.69) is 15.5 Å². The van der Waals surface area contributed by atoms with Gasteiger partial charge in [-0.3, -0.25) is 14.9 Å². The Labute approximate surface area is 171 Å². The van der Waals surface area contributed by atoms with Gasteiger partial charge in [0.15, 0.2) is 17.4 Å². The van der Waals surface area contributed by atoms with Gasteiger partial charge in [0.1, 0.15) is 11.5 Å². The number of carbonyl (C=O) groups is 2. The Morgan fingerprint density at radius 2 is 2.07 bits per heavy atom. The minimum absolute atomic E-state index is 0.00764. The first-order valence-electron chi connectivity index (χ1n) is 9.18. The predicted molar refractivity (Wildman–Crippen MR) is 107 cm³/mol. The number of carbonyl (C=O) groups excluding carboxylic acids is 2. The van der Waals surface area contributed by atoms with Crippen LogP contribution in [0.15, 0.2) is 34.9 Å². The number of benzene rings is 1. The molecular weight excluding hydrogens is 392 g/mol. The normalized spacial score (nSPS) is 13.1. The third-order valence-electron chi connectivity index (χ3n) is 4.55. The number of ether oxygens (including phenoxy) is 1. The molecule has 0 atom stereocenters. The summed E-state index contributed by atoms with van der Waals surface area (Å²) in [5.41, 5.74) is 2.25. The van der Waals surface area contributed by atoms with Gasteiger partial charge in [-0.15, -0.1) is 0 Å². The van der Waals surface area contributed by atoms with Crippen LogP contribution in [0.3, 0.4) is 0 Å². The van der Waals surface area contributed by atoms with Crippen molar-refractivity contribution in [3.8, 4) is 5.75 Å². The van der Waals surface area contributed by atoms with Gasteiger partial charge in [0.2, 0.25) is 0 Å². The van der Waals surface area contributed by atoms with Crippen molar-refractivity contribution in [1.82, 2.24) is 15.0 Å². The second-order valence-electron chi connectivity index (χ2n) is 6.83. The number of aromatic nitrogens is 2. The molecule has 0 unspecified atom stereocenters. The molecule has 1 aliphatic heterocycles. The van der Waals surface area contributed by atoms with Gasteiger partial charge in [-0.1, -0.05) is 34.2 Å². The lowest BCUT2D eigenvalue weighted by Crippen LogP contribution is -2.38. The molecule has 1 aliphatic rings. The standard InChI is InChI=1S/C20H20N4O4S/c1-12-3-5-14(6-4-12)27-11-18(25)24-8-7-15-17(10-24)29-20(21-15)22-19(26)16-9-13(2)28-23-16/h3-6,9H,7-8,10-11H2,1-2H3,(H,21,22,26). The van der Waals surface area contributed by atoms with E-state index in [-0.39, 0.29) is 24.1 Å². The molecule has 0 aliphatic carbocycles. The van der Waals surface area contributed by atoms with Crippen LogP contribution in [-0.2, 0) is 17.8 Å². The zero-order chi connectivity index (χ0) is 20.4. The van der Waals surface area contributed by atoms with Gasteiger partial charge in [0.25, 0.3) is 11.8 Å². The van der Waals surface area contributed by atoms with E-state index in [1.807, 2.05) is 31.2 Å². The summed E-state index contributed by atoms with van der Waals surface area (Å²) in [6, 6.07) is 9.16. The highest BCUT2D eigenvalue weighted by molar-refractivity contribution is 7.15. The van der Waals surface area contributed by atoms with Gasteiger partial charge in [-0.25, -0.2) is 4.98 Å². The Morgan fingerprint density at radius 1 is 1.28 bits per heavy atom. The summed E-state index contributed by atoms with van der Waals surface area (Å²) in [6.45, 7) is 4.75. The first-order chi connectivity index (χ1) is 14.0. The number of hydrogen-bond donors (Lipinski definition) is 1. The van der Waals surface area contributed by atoms with E-state index >= 15 is 0 Å². The molecule has 2 amide bonds. The highest BCUT2D eigenvalue weighted by atomic mass is 32.1. The number of thiazole rings is 1. The third-order valence-corrected chi connectivity index (χ3v) is 5.55. The van der Waals surface area contributed by atoms with Crippen molar-refractivity contribution < 1.29 is 18.8 Å². The molecule has 0 radical (unpaired) electrons. The van der Waals surface area contributed by atoms with Gasteiger partial charge < -0.3 is 14.2 Å². The molecule has 9 heteroatoms. The van der Waals surface area contributed by atoms with Gasteiger partial charge >= 0.3 is 0 Å². The Bertz CT molecular complexity index is 1040. The van der Waals surface area contributed by atoms with Gasteiger partial charge in [0.05, 0.1) is 12.2 Å². The summed E-state index contributed by atoms with van der Waals surface area (Å²) in [5, 5.41) is 6.94. The van der Waals surface area contributed by atoms with E-state index in [0.717, 1.165) is 16.1 Å². The maximum absolute atomic E-state index is 12.5. The quantitative estimate of drug-likeness (QED) is 0.692. The van der Waals surface area contributed by atoms with E-state index in [1.165, 1.54) is 11.3 Å². The summed E-state index contributed by atoms with van der Waals surface area (Å²) in [7, 11) is 0. The molecule has 3 aromatic rings. The Hall–Kier alpha value is -3.20. The molecule has 0 fully saturated rings. The van der Waals surface area contributed by atoms with Crippen molar-refractivity contribution in [1.29, 1.82) is 0 Å². The molecule has 0 saturated carbocycles. The van der Waals surface area contributed by atoms with Crippen molar-refractivity contribution in [3.63, 3.8) is 0 Å². The average Bonchev–Trinajstić information content (AvgIpc) is 3.32. The van der Waals surface area contributed by atoms with Crippen LogP contribution in [0.5, 0.6) is 5.75 Å². The Kier molecular flexibility index (Phi) is 5.30. The maximum atomic E-state index is 12.5. The van der Waals surface area contributed by atoms with Crippen LogP contribution in [0.1, 0.15) is 32.4 Å². The van der Waals surface area contributed by atoms with Crippen LogP contribution < -0.4 is 10.1 Å². The topological polar surface area (TPSA) is 97.6 Å². The lowest BCUT2D eigenvalue weighted by atomic mass is 10.2. The highest BCUT2D eigenvalue weighted by Crippen LogP contribution is 2.28. The zero-order valence-corrected chi connectivity index (χ0v) is 16.9. The summed E-state index contributed by atoms with van der Waals surface area (Å²) in [6.07, 6.45) is 0.640. The number of amides is 2. The molecule has 29 heavy (non-hydrogen) atoms. The summed E-state index contributed by atoms with van der Waals surface area (Å²) in [4.78, 5) is 31.9. The van der Waals surface area contributed by atoms with Crippen LogP contribution in [0.4, 0.5) is 5.13 Å². The first kappa shape index (κ1) is 19.1. The average molecular weight is 412 g/mol. The fourth-order valence-corrected chi connectivity index (χ4v) is 3.99. The SMILES string of the molecule is Cc1ccc(OCC(=O)N2CCc3nc(NC(=O)c4cc(C)on4)sc3C2)cc1. The highest BCUT2D eigenvalue weighted by Gasteiger charge is 2.25. The van der Waals surface area contributed by atoms with Crippen molar-refractivity contribution in [3.05, 3.63) is 57.9 Å². The van der Waals surface area contributed by atoms with Gasteiger partial charge in [-0.2, -0.15) is 0 Å². The molecule has 0 bridgehead atoms. The smallest absolute Gasteiger partial charge is 0.279 e. The minimum Gasteiger partial charge on any atom is -0.484 e. The summed E-state index contributed by atoms with van der Waals surface area (Å²) >= 11 is 1.37. The molecule has 0 saturated heterocycles. The van der Waals surface area contributed by atoms with E-state index in [1.54, 1.807) is 17.9 Å². The molecule has 1 aromatic carbocycles. The fraction of sp³-hybridized carbons (Fsp3) is 0.300. The first-order valence-corrected chi connectivity index (χ1v) is 10.00. The number of fused-ring (bicyclic) bond motifs is 1. The van der Waals surface area contributed by atoms with Gasteiger partial charge in [0, 0.05) is 23.9 Å². The number of rotatable bonds is 5. The zero-order valence-electron chi connectivity index (χ0n) is 16.1. The van der Waals surface area contributed by atoms with Crippen LogP contribution in [-0.4, -0.2) is 40.0 Å². The predicted octanol–water partition coefficient (Wildman–Crippen LogP) is 2.96. The molecule has 4 rings (SSSR count). The van der Waals surface area contributed by atoms with Crippen LogP contribution in [0.25, 0.3) is 0 Å².